The Kier molecular flexibility index (Phi) is 7.52. The molecule has 1 unspecified atom stereocenters. The van der Waals surface area contributed by atoms with Gasteiger partial charge in [-0.2, -0.15) is 0 Å². The van der Waals surface area contributed by atoms with E-state index < -0.39 is 7.37 Å². The molecule has 0 saturated carbocycles. The van der Waals surface area contributed by atoms with Gasteiger partial charge in [-0.3, -0.25) is 4.57 Å². The third-order valence-corrected chi connectivity index (χ3v) is 6.75. The minimum atomic E-state index is -3.00. The molecule has 1 atom stereocenters. The third-order valence-electron chi connectivity index (χ3n) is 4.24. The highest BCUT2D eigenvalue weighted by molar-refractivity contribution is 7.67. The first-order valence-corrected chi connectivity index (χ1v) is 11.0. The summed E-state index contributed by atoms with van der Waals surface area (Å²) in [4.78, 5) is 0. The summed E-state index contributed by atoms with van der Waals surface area (Å²) in [5.74, 6) is 0.753. The van der Waals surface area contributed by atoms with Crippen LogP contribution in [0, 0.1) is 0 Å². The van der Waals surface area contributed by atoms with Crippen molar-refractivity contribution in [2.45, 2.75) is 46.0 Å². The molecule has 2 aromatic rings. The zero-order valence-electron chi connectivity index (χ0n) is 15.4. The molecule has 0 aliphatic carbocycles. The lowest BCUT2D eigenvalue weighted by Gasteiger charge is -2.23. The molecule has 0 saturated heterocycles. The smallest absolute Gasteiger partial charge is 0.277 e. The van der Waals surface area contributed by atoms with Gasteiger partial charge in [-0.25, -0.2) is 0 Å². The van der Waals surface area contributed by atoms with Crippen LogP contribution in [0.5, 0.6) is 5.75 Å². The van der Waals surface area contributed by atoms with Gasteiger partial charge in [0.1, 0.15) is 5.75 Å². The van der Waals surface area contributed by atoms with Gasteiger partial charge in [0.2, 0.25) is 0 Å². The highest BCUT2D eigenvalue weighted by Gasteiger charge is 2.29. The summed E-state index contributed by atoms with van der Waals surface area (Å²) >= 11 is 0. The predicted molar refractivity (Wildman–Crippen MR) is 108 cm³/mol. The number of allylic oxidation sites excluding steroid dienone is 1. The Morgan fingerprint density at radius 3 is 2.24 bits per heavy atom. The largest absolute Gasteiger partial charge is 0.440 e. The van der Waals surface area contributed by atoms with Crippen LogP contribution >= 0.6 is 7.37 Å². The first kappa shape index (κ1) is 19.5. The summed E-state index contributed by atoms with van der Waals surface area (Å²) in [7, 11) is -3.00. The van der Waals surface area contributed by atoms with Gasteiger partial charge in [-0.1, -0.05) is 69.2 Å². The van der Waals surface area contributed by atoms with Crippen molar-refractivity contribution in [2.24, 2.45) is 0 Å². The zero-order valence-corrected chi connectivity index (χ0v) is 16.3. The lowest BCUT2D eigenvalue weighted by Crippen LogP contribution is -2.17. The Hall–Kier alpha value is -1.79. The summed E-state index contributed by atoms with van der Waals surface area (Å²) in [6.45, 7) is 8.08. The molecule has 0 aliphatic rings. The SMILES string of the molecule is C=CCCP(=O)(Oc1ccccc1CCC)c1ccccc1CCC. The number of hydrogen-bond acceptors (Lipinski definition) is 2. The number of hydrogen-bond donors (Lipinski definition) is 0. The summed E-state index contributed by atoms with van der Waals surface area (Å²) in [5, 5.41) is 0.866. The van der Waals surface area contributed by atoms with E-state index in [2.05, 4.69) is 32.6 Å². The van der Waals surface area contributed by atoms with Gasteiger partial charge in [-0.05, 0) is 42.5 Å². The summed E-state index contributed by atoms with van der Waals surface area (Å²) in [6.07, 6.45) is 6.86. The number of benzene rings is 2. The lowest BCUT2D eigenvalue weighted by atomic mass is 10.1. The van der Waals surface area contributed by atoms with E-state index in [4.69, 9.17) is 4.52 Å². The first-order chi connectivity index (χ1) is 12.1. The Balaban J connectivity index is 2.45. The van der Waals surface area contributed by atoms with Gasteiger partial charge in [0.25, 0.3) is 7.37 Å². The Bertz CT molecular complexity index is 736. The normalized spacial score (nSPS) is 13.2. The van der Waals surface area contributed by atoms with Crippen molar-refractivity contribution >= 4 is 12.7 Å². The van der Waals surface area contributed by atoms with E-state index in [0.717, 1.165) is 47.9 Å². The highest BCUT2D eigenvalue weighted by atomic mass is 31.2. The number of rotatable bonds is 10. The zero-order chi connectivity index (χ0) is 18.1. The minimum Gasteiger partial charge on any atom is -0.440 e. The van der Waals surface area contributed by atoms with E-state index in [1.807, 2.05) is 42.5 Å². The summed E-state index contributed by atoms with van der Waals surface area (Å²) in [6, 6.07) is 16.0. The summed E-state index contributed by atoms with van der Waals surface area (Å²) in [5.41, 5.74) is 2.25. The second-order valence-corrected chi connectivity index (χ2v) is 8.76. The van der Waals surface area contributed by atoms with Crippen LogP contribution in [0.1, 0.15) is 44.2 Å². The van der Waals surface area contributed by atoms with Crippen molar-refractivity contribution in [1.82, 2.24) is 0 Å². The lowest BCUT2D eigenvalue weighted by molar-refractivity contribution is 0.488. The third kappa shape index (κ3) is 5.09. The number of para-hydroxylation sites is 1. The predicted octanol–water partition coefficient (Wildman–Crippen LogP) is 6.15. The molecule has 2 nitrogen and oxygen atoms in total. The van der Waals surface area contributed by atoms with Crippen LogP contribution in [0.3, 0.4) is 0 Å². The van der Waals surface area contributed by atoms with Gasteiger partial charge < -0.3 is 4.52 Å². The fraction of sp³-hybridized carbons (Fsp3) is 0.364. The van der Waals surface area contributed by atoms with Gasteiger partial charge in [0, 0.05) is 6.16 Å². The van der Waals surface area contributed by atoms with E-state index in [1.54, 1.807) is 0 Å². The van der Waals surface area contributed by atoms with E-state index in [0.29, 0.717) is 12.6 Å². The molecule has 134 valence electrons. The van der Waals surface area contributed by atoms with Crippen LogP contribution < -0.4 is 9.83 Å². The molecule has 0 heterocycles. The van der Waals surface area contributed by atoms with Crippen LogP contribution in [0.15, 0.2) is 61.2 Å². The molecule has 25 heavy (non-hydrogen) atoms. The van der Waals surface area contributed by atoms with Crippen molar-refractivity contribution in [1.29, 1.82) is 0 Å². The second-order valence-electron chi connectivity index (χ2n) is 6.30. The Morgan fingerprint density at radius 2 is 1.56 bits per heavy atom. The maximum Gasteiger partial charge on any atom is 0.277 e. The maximum atomic E-state index is 13.9. The minimum absolute atomic E-state index is 0.484. The standard InChI is InChI=1S/C22H29O2P/c1-4-7-18-25(23,22-17-11-9-15-20(22)13-6-3)24-21-16-10-8-14-19(21)12-5-2/h4,8-11,14-17H,1,5-7,12-13,18H2,2-3H3. The molecule has 0 aromatic heterocycles. The van der Waals surface area contributed by atoms with Crippen molar-refractivity contribution in [2.75, 3.05) is 6.16 Å². The molecular formula is C22H29O2P. The quantitative estimate of drug-likeness (QED) is 0.377. The maximum absolute atomic E-state index is 13.9. The highest BCUT2D eigenvalue weighted by Crippen LogP contribution is 2.48. The monoisotopic (exact) mass is 356 g/mol. The molecule has 2 aromatic carbocycles. The topological polar surface area (TPSA) is 26.3 Å². The average Bonchev–Trinajstić information content (AvgIpc) is 2.63. The van der Waals surface area contributed by atoms with Crippen molar-refractivity contribution < 1.29 is 9.09 Å². The fourth-order valence-electron chi connectivity index (χ4n) is 3.03. The van der Waals surface area contributed by atoms with Crippen LogP contribution in [0.25, 0.3) is 0 Å². The van der Waals surface area contributed by atoms with Gasteiger partial charge in [-0.15, -0.1) is 6.58 Å². The molecule has 0 radical (unpaired) electrons. The van der Waals surface area contributed by atoms with Crippen molar-refractivity contribution in [3.8, 4) is 5.75 Å². The van der Waals surface area contributed by atoms with E-state index in [1.165, 1.54) is 0 Å². The van der Waals surface area contributed by atoms with Crippen LogP contribution in [0.2, 0.25) is 0 Å². The molecule has 0 aliphatic heterocycles. The molecule has 0 bridgehead atoms. The molecule has 0 fully saturated rings. The molecule has 2 rings (SSSR count). The molecular weight excluding hydrogens is 327 g/mol. The Labute approximate surface area is 152 Å². The van der Waals surface area contributed by atoms with Gasteiger partial charge >= 0.3 is 0 Å². The van der Waals surface area contributed by atoms with Gasteiger partial charge in [0.15, 0.2) is 0 Å². The Morgan fingerprint density at radius 1 is 0.960 bits per heavy atom. The fourth-order valence-corrected chi connectivity index (χ4v) is 5.41. The molecule has 0 amide bonds. The molecule has 3 heteroatoms. The summed E-state index contributed by atoms with van der Waals surface area (Å²) < 4.78 is 20.2. The average molecular weight is 356 g/mol. The van der Waals surface area contributed by atoms with Crippen LogP contribution in [-0.2, 0) is 17.4 Å². The number of aryl methyl sites for hydroxylation is 2. The second kappa shape index (κ2) is 9.63. The molecule has 0 spiro atoms. The molecule has 0 N–H and O–H groups in total. The van der Waals surface area contributed by atoms with Crippen LogP contribution in [0.4, 0.5) is 0 Å². The van der Waals surface area contributed by atoms with Gasteiger partial charge in [0.05, 0.1) is 5.30 Å². The van der Waals surface area contributed by atoms with E-state index in [-0.39, 0.29) is 0 Å². The van der Waals surface area contributed by atoms with Crippen molar-refractivity contribution in [3.05, 3.63) is 72.3 Å². The van der Waals surface area contributed by atoms with E-state index in [9.17, 15) is 4.57 Å². The van der Waals surface area contributed by atoms with E-state index >= 15 is 0 Å². The van der Waals surface area contributed by atoms with Crippen molar-refractivity contribution in [3.63, 3.8) is 0 Å². The van der Waals surface area contributed by atoms with Crippen LogP contribution in [-0.4, -0.2) is 6.16 Å². The first-order valence-electron chi connectivity index (χ1n) is 9.20.